The van der Waals surface area contributed by atoms with Gasteiger partial charge in [-0.05, 0) is 93.4 Å². The number of hydrogen-bond acceptors (Lipinski definition) is 4. The van der Waals surface area contributed by atoms with Crippen LogP contribution >= 0.6 is 0 Å². The number of benzene rings is 1. The third kappa shape index (κ3) is 8.06. The molecule has 0 radical (unpaired) electrons. The number of amides is 1. The molecule has 198 valence electrons. The Hall–Kier alpha value is -1.88. The largest absolute Gasteiger partial charge is 0.459 e. The zero-order chi connectivity index (χ0) is 26.4. The summed E-state index contributed by atoms with van der Waals surface area (Å²) in [6.07, 6.45) is 6.88. The van der Waals surface area contributed by atoms with Crippen LogP contribution in [-0.2, 0) is 9.53 Å². The van der Waals surface area contributed by atoms with Crippen molar-refractivity contribution in [2.45, 2.75) is 119 Å². The molecule has 1 unspecified atom stereocenters. The summed E-state index contributed by atoms with van der Waals surface area (Å²) in [6, 6.07) is 7.61. The van der Waals surface area contributed by atoms with Crippen molar-refractivity contribution in [3.63, 3.8) is 0 Å². The van der Waals surface area contributed by atoms with Crippen molar-refractivity contribution in [2.75, 3.05) is 6.54 Å². The van der Waals surface area contributed by atoms with Crippen molar-refractivity contribution in [2.24, 2.45) is 16.7 Å². The third-order valence-electron chi connectivity index (χ3n) is 7.53. The Bertz CT molecular complexity index is 809. The van der Waals surface area contributed by atoms with E-state index in [4.69, 9.17) is 4.74 Å². The predicted molar refractivity (Wildman–Crippen MR) is 144 cm³/mol. The summed E-state index contributed by atoms with van der Waals surface area (Å²) in [4.78, 5) is 27.3. The van der Waals surface area contributed by atoms with E-state index in [1.54, 1.807) is 0 Å². The van der Waals surface area contributed by atoms with E-state index in [1.165, 1.54) is 0 Å². The molecular formula is C30H50N2O3. The first-order chi connectivity index (χ1) is 16.2. The Kier molecular flexibility index (Phi) is 9.98. The highest BCUT2D eigenvalue weighted by Crippen LogP contribution is 2.45. The van der Waals surface area contributed by atoms with E-state index in [2.05, 4.69) is 58.7 Å². The van der Waals surface area contributed by atoms with Crippen LogP contribution in [-0.4, -0.2) is 35.6 Å². The Morgan fingerprint density at radius 1 is 1.11 bits per heavy atom. The van der Waals surface area contributed by atoms with Crippen LogP contribution in [0.3, 0.4) is 0 Å². The molecule has 0 heterocycles. The Labute approximate surface area is 214 Å². The van der Waals surface area contributed by atoms with E-state index in [1.807, 2.05) is 38.1 Å². The first kappa shape index (κ1) is 29.4. The number of carbonyl (C=O) groups excluding carboxylic acids is 2. The van der Waals surface area contributed by atoms with E-state index < -0.39 is 0 Å². The normalized spacial score (nSPS) is 22.1. The van der Waals surface area contributed by atoms with E-state index in [9.17, 15) is 9.59 Å². The number of hydrogen-bond donors (Lipinski definition) is 1. The fraction of sp³-hybridized carbons (Fsp3) is 0.733. The maximum atomic E-state index is 12.8. The van der Waals surface area contributed by atoms with Gasteiger partial charge in [0, 0.05) is 0 Å². The van der Waals surface area contributed by atoms with Crippen molar-refractivity contribution in [1.82, 2.24) is 10.2 Å². The summed E-state index contributed by atoms with van der Waals surface area (Å²) < 4.78 is 5.36. The molecule has 0 aliphatic heterocycles. The van der Waals surface area contributed by atoms with Crippen molar-refractivity contribution in [3.8, 4) is 0 Å². The summed E-state index contributed by atoms with van der Waals surface area (Å²) in [5, 5.41) is 3.74. The smallest absolute Gasteiger partial charge is 0.338 e. The fourth-order valence-corrected chi connectivity index (χ4v) is 5.45. The molecule has 5 nitrogen and oxygen atoms in total. The van der Waals surface area contributed by atoms with Crippen LogP contribution in [0.1, 0.15) is 123 Å². The molecule has 0 aromatic heterocycles. The van der Waals surface area contributed by atoms with Gasteiger partial charge in [-0.2, -0.15) is 0 Å². The second-order valence-electron chi connectivity index (χ2n) is 12.9. The molecule has 1 saturated carbocycles. The first-order valence-corrected chi connectivity index (χ1v) is 13.5. The summed E-state index contributed by atoms with van der Waals surface area (Å²) in [5.41, 5.74) is 1.69. The molecule has 1 aromatic carbocycles. The Morgan fingerprint density at radius 2 is 1.69 bits per heavy atom. The number of ether oxygens (including phenoxy) is 1. The minimum Gasteiger partial charge on any atom is -0.459 e. The van der Waals surface area contributed by atoms with Gasteiger partial charge in [-0.15, -0.1) is 0 Å². The molecule has 1 aromatic rings. The molecule has 1 amide bonds. The van der Waals surface area contributed by atoms with Gasteiger partial charge >= 0.3 is 5.97 Å². The highest BCUT2D eigenvalue weighted by atomic mass is 16.5. The lowest BCUT2D eigenvalue weighted by molar-refractivity contribution is -0.133. The third-order valence-corrected chi connectivity index (χ3v) is 7.53. The number of esters is 1. The van der Waals surface area contributed by atoms with Crippen LogP contribution in [0.5, 0.6) is 0 Å². The molecule has 5 heteroatoms. The number of carbonyl (C=O) groups is 2. The highest BCUT2D eigenvalue weighted by molar-refractivity contribution is 5.89. The molecule has 0 bridgehead atoms. The van der Waals surface area contributed by atoms with Gasteiger partial charge in [0.2, 0.25) is 6.41 Å². The van der Waals surface area contributed by atoms with Gasteiger partial charge < -0.3 is 9.64 Å². The number of nitrogens with one attached hydrogen (secondary N) is 1. The molecule has 1 aliphatic rings. The number of nitrogens with zero attached hydrogens (tertiary/aromatic N) is 1. The van der Waals surface area contributed by atoms with E-state index in [-0.39, 0.29) is 34.6 Å². The lowest BCUT2D eigenvalue weighted by Crippen LogP contribution is -2.61. The average molecular weight is 487 g/mol. The summed E-state index contributed by atoms with van der Waals surface area (Å²) in [6.45, 7) is 20.4. The summed E-state index contributed by atoms with van der Waals surface area (Å²) >= 11 is 0. The van der Waals surface area contributed by atoms with Gasteiger partial charge in [-0.25, -0.2) is 4.79 Å². The molecule has 0 saturated heterocycles. The standard InChI is InChI=1S/C30H50N2O3/c1-10-31-30(19-15-25(16-20-30)29(7,8)9)32(21-33)26(17-18-28(4,5)6)23-11-13-24(14-12-23)27(34)35-22(2)3/h11-14,21-22,25-26,31H,10,15-20H2,1-9H3. The van der Waals surface area contributed by atoms with Crippen molar-refractivity contribution < 1.29 is 14.3 Å². The van der Waals surface area contributed by atoms with Crippen LogP contribution in [0.15, 0.2) is 24.3 Å². The lowest BCUT2D eigenvalue weighted by atomic mass is 9.69. The molecule has 1 fully saturated rings. The zero-order valence-electron chi connectivity index (χ0n) is 23.7. The molecule has 0 spiro atoms. The van der Waals surface area contributed by atoms with Crippen molar-refractivity contribution in [1.29, 1.82) is 0 Å². The van der Waals surface area contributed by atoms with E-state index in [0.717, 1.165) is 57.0 Å². The van der Waals surface area contributed by atoms with Crippen LogP contribution in [0.25, 0.3) is 0 Å². The molecule has 1 aliphatic carbocycles. The highest BCUT2D eigenvalue weighted by Gasteiger charge is 2.44. The van der Waals surface area contributed by atoms with E-state index in [0.29, 0.717) is 11.5 Å². The molecule has 1 N–H and O–H groups in total. The van der Waals surface area contributed by atoms with Gasteiger partial charge in [0.1, 0.15) is 0 Å². The van der Waals surface area contributed by atoms with Crippen molar-refractivity contribution >= 4 is 12.4 Å². The first-order valence-electron chi connectivity index (χ1n) is 13.5. The van der Waals surface area contributed by atoms with E-state index >= 15 is 0 Å². The summed E-state index contributed by atoms with van der Waals surface area (Å²) in [5.74, 6) is 0.344. The average Bonchev–Trinajstić information content (AvgIpc) is 2.75. The maximum absolute atomic E-state index is 12.8. The second-order valence-corrected chi connectivity index (χ2v) is 12.9. The second kappa shape index (κ2) is 11.9. The van der Waals surface area contributed by atoms with Crippen molar-refractivity contribution in [3.05, 3.63) is 35.4 Å². The maximum Gasteiger partial charge on any atom is 0.338 e. The van der Waals surface area contributed by atoms with Gasteiger partial charge in [0.15, 0.2) is 0 Å². The fourth-order valence-electron chi connectivity index (χ4n) is 5.45. The minimum atomic E-state index is -0.351. The van der Waals surface area contributed by atoms with Crippen LogP contribution in [0.4, 0.5) is 0 Å². The molecule has 1 atom stereocenters. The lowest BCUT2D eigenvalue weighted by Gasteiger charge is -2.52. The summed E-state index contributed by atoms with van der Waals surface area (Å²) in [7, 11) is 0. The monoisotopic (exact) mass is 486 g/mol. The van der Waals surface area contributed by atoms with Crippen LogP contribution in [0, 0.1) is 16.7 Å². The quantitative estimate of drug-likeness (QED) is 0.217. The number of rotatable bonds is 10. The predicted octanol–water partition coefficient (Wildman–Crippen LogP) is 7.12. The SMILES string of the molecule is CCNC1(N(C=O)C(CCC(C)(C)C)c2ccc(C(=O)OC(C)C)cc2)CCC(C(C)(C)C)CC1. The van der Waals surface area contributed by atoms with Crippen LogP contribution in [0.2, 0.25) is 0 Å². The molecular weight excluding hydrogens is 436 g/mol. The molecule has 2 rings (SSSR count). The van der Waals surface area contributed by atoms with Gasteiger partial charge in [-0.1, -0.05) is 60.6 Å². The van der Waals surface area contributed by atoms with Gasteiger partial charge in [-0.3, -0.25) is 10.1 Å². The van der Waals surface area contributed by atoms with Crippen LogP contribution < -0.4 is 5.32 Å². The van der Waals surface area contributed by atoms with Gasteiger partial charge in [0.05, 0.1) is 23.4 Å². The van der Waals surface area contributed by atoms with Gasteiger partial charge in [0.25, 0.3) is 0 Å². The zero-order valence-corrected chi connectivity index (χ0v) is 23.7. The molecule has 35 heavy (non-hydrogen) atoms. The topological polar surface area (TPSA) is 58.6 Å². The minimum absolute atomic E-state index is 0.0628. The Balaban J connectivity index is 2.41. The Morgan fingerprint density at radius 3 is 2.11 bits per heavy atom.